The second-order valence-corrected chi connectivity index (χ2v) is 8.55. The second-order valence-electron chi connectivity index (χ2n) is 7.49. The lowest BCUT2D eigenvalue weighted by molar-refractivity contribution is -0.136. The minimum Gasteiger partial charge on any atom is -0.340 e. The van der Waals surface area contributed by atoms with Gasteiger partial charge in [-0.2, -0.15) is 0 Å². The molecule has 0 saturated carbocycles. The Hall–Kier alpha value is -1.53. The highest BCUT2D eigenvalue weighted by Crippen LogP contribution is 2.38. The molecule has 1 aromatic carbocycles. The predicted octanol–water partition coefficient (Wildman–Crippen LogP) is 2.37. The summed E-state index contributed by atoms with van der Waals surface area (Å²) in [5.41, 5.74) is 2.45. The summed E-state index contributed by atoms with van der Waals surface area (Å²) in [6.45, 7) is 11.0. The standard InChI is InChI=1S/C20H29N3O2S/c1-15(2)19(25)22-10-7-21(8-11-22)9-12-23-18(24)14-26-20(23)17-6-4-5-16(3)13-17/h4-6,13,15,20H,7-12,14H2,1-3H3/t20-/m0/s1. The fraction of sp³-hybridized carbons (Fsp3) is 0.600. The van der Waals surface area contributed by atoms with E-state index in [9.17, 15) is 9.59 Å². The maximum Gasteiger partial charge on any atom is 0.233 e. The van der Waals surface area contributed by atoms with E-state index >= 15 is 0 Å². The third-order valence-electron chi connectivity index (χ3n) is 5.13. The van der Waals surface area contributed by atoms with E-state index in [1.165, 1.54) is 11.1 Å². The van der Waals surface area contributed by atoms with Crippen LogP contribution in [0.4, 0.5) is 0 Å². The van der Waals surface area contributed by atoms with Crippen molar-refractivity contribution in [1.82, 2.24) is 14.7 Å². The molecule has 0 unspecified atom stereocenters. The zero-order chi connectivity index (χ0) is 18.7. The second kappa shape index (κ2) is 8.44. The number of carbonyl (C=O) groups excluding carboxylic acids is 2. The largest absolute Gasteiger partial charge is 0.340 e. The van der Waals surface area contributed by atoms with E-state index in [4.69, 9.17) is 0 Å². The van der Waals surface area contributed by atoms with E-state index in [-0.39, 0.29) is 23.1 Å². The average Bonchev–Trinajstić information content (AvgIpc) is 3.00. The lowest BCUT2D eigenvalue weighted by Gasteiger charge is -2.36. The summed E-state index contributed by atoms with van der Waals surface area (Å²) in [5, 5.41) is 0.131. The van der Waals surface area contributed by atoms with Crippen molar-refractivity contribution in [1.29, 1.82) is 0 Å². The fourth-order valence-electron chi connectivity index (χ4n) is 3.60. The van der Waals surface area contributed by atoms with E-state index in [1.54, 1.807) is 11.8 Å². The number of thioether (sulfide) groups is 1. The molecule has 2 fully saturated rings. The molecule has 1 atom stereocenters. The summed E-state index contributed by atoms with van der Waals surface area (Å²) in [7, 11) is 0. The van der Waals surface area contributed by atoms with Crippen LogP contribution in [0, 0.1) is 12.8 Å². The number of hydrogen-bond acceptors (Lipinski definition) is 4. The van der Waals surface area contributed by atoms with Gasteiger partial charge in [0.25, 0.3) is 0 Å². The highest BCUT2D eigenvalue weighted by Gasteiger charge is 2.33. The molecule has 0 spiro atoms. The molecular formula is C20H29N3O2S. The Labute approximate surface area is 160 Å². The number of benzene rings is 1. The molecule has 0 N–H and O–H groups in total. The molecule has 2 aliphatic rings. The first-order chi connectivity index (χ1) is 12.5. The van der Waals surface area contributed by atoms with Gasteiger partial charge in [0.2, 0.25) is 11.8 Å². The molecule has 0 radical (unpaired) electrons. The predicted molar refractivity (Wildman–Crippen MR) is 106 cm³/mol. The van der Waals surface area contributed by atoms with E-state index in [2.05, 4.69) is 36.1 Å². The van der Waals surface area contributed by atoms with Crippen LogP contribution in [0.25, 0.3) is 0 Å². The van der Waals surface area contributed by atoms with Crippen LogP contribution in [-0.4, -0.2) is 71.5 Å². The third kappa shape index (κ3) is 4.41. The quantitative estimate of drug-likeness (QED) is 0.793. The van der Waals surface area contributed by atoms with Crippen LogP contribution in [-0.2, 0) is 9.59 Å². The third-order valence-corrected chi connectivity index (χ3v) is 6.39. The summed E-state index contributed by atoms with van der Waals surface area (Å²) in [4.78, 5) is 30.8. The molecule has 2 saturated heterocycles. The van der Waals surface area contributed by atoms with Crippen molar-refractivity contribution in [3.8, 4) is 0 Å². The molecular weight excluding hydrogens is 346 g/mol. The monoisotopic (exact) mass is 375 g/mol. The number of aryl methyl sites for hydroxylation is 1. The molecule has 1 aromatic rings. The number of nitrogens with zero attached hydrogens (tertiary/aromatic N) is 3. The zero-order valence-electron chi connectivity index (χ0n) is 16.0. The lowest BCUT2D eigenvalue weighted by Crippen LogP contribution is -2.51. The SMILES string of the molecule is Cc1cccc([C@@H]2SCC(=O)N2CCN2CCN(C(=O)C(C)C)CC2)c1. The number of amides is 2. The summed E-state index contributed by atoms with van der Waals surface area (Å²) in [5.74, 6) is 1.11. The van der Waals surface area contributed by atoms with Crippen LogP contribution in [0.2, 0.25) is 0 Å². The minimum absolute atomic E-state index is 0.0656. The Balaban J connectivity index is 1.54. The number of hydrogen-bond donors (Lipinski definition) is 0. The fourth-order valence-corrected chi connectivity index (χ4v) is 4.81. The van der Waals surface area contributed by atoms with Crippen molar-refractivity contribution in [2.24, 2.45) is 5.92 Å². The Morgan fingerprint density at radius 1 is 1.19 bits per heavy atom. The Morgan fingerprint density at radius 3 is 2.58 bits per heavy atom. The van der Waals surface area contributed by atoms with Crippen molar-refractivity contribution in [2.75, 3.05) is 45.0 Å². The van der Waals surface area contributed by atoms with Crippen LogP contribution >= 0.6 is 11.8 Å². The van der Waals surface area contributed by atoms with Crippen LogP contribution in [0.3, 0.4) is 0 Å². The van der Waals surface area contributed by atoms with Crippen LogP contribution in [0.5, 0.6) is 0 Å². The summed E-state index contributed by atoms with van der Waals surface area (Å²) in [6, 6.07) is 8.45. The normalized spacial score (nSPS) is 21.7. The Kier molecular flexibility index (Phi) is 6.24. The number of rotatable bonds is 5. The van der Waals surface area contributed by atoms with Gasteiger partial charge in [0.1, 0.15) is 5.37 Å². The number of carbonyl (C=O) groups is 2. The zero-order valence-corrected chi connectivity index (χ0v) is 16.8. The van der Waals surface area contributed by atoms with Gasteiger partial charge < -0.3 is 9.80 Å². The van der Waals surface area contributed by atoms with Crippen molar-refractivity contribution < 1.29 is 9.59 Å². The van der Waals surface area contributed by atoms with E-state index in [0.29, 0.717) is 5.75 Å². The topological polar surface area (TPSA) is 43.9 Å². The minimum atomic E-state index is 0.0656. The van der Waals surface area contributed by atoms with Gasteiger partial charge in [-0.25, -0.2) is 0 Å². The Morgan fingerprint density at radius 2 is 1.92 bits per heavy atom. The van der Waals surface area contributed by atoms with Gasteiger partial charge in [-0.15, -0.1) is 11.8 Å². The van der Waals surface area contributed by atoms with Gasteiger partial charge in [-0.3, -0.25) is 14.5 Å². The summed E-state index contributed by atoms with van der Waals surface area (Å²) in [6.07, 6.45) is 0. The molecule has 142 valence electrons. The van der Waals surface area contributed by atoms with Crippen molar-refractivity contribution >= 4 is 23.6 Å². The van der Waals surface area contributed by atoms with Gasteiger partial charge in [-0.1, -0.05) is 43.7 Å². The van der Waals surface area contributed by atoms with E-state index in [1.807, 2.05) is 23.6 Å². The summed E-state index contributed by atoms with van der Waals surface area (Å²) >= 11 is 1.72. The molecule has 2 amide bonds. The Bertz CT molecular complexity index is 656. The first-order valence-electron chi connectivity index (χ1n) is 9.44. The summed E-state index contributed by atoms with van der Waals surface area (Å²) < 4.78 is 0. The van der Waals surface area contributed by atoms with Crippen molar-refractivity contribution in [2.45, 2.75) is 26.1 Å². The van der Waals surface area contributed by atoms with Crippen LogP contribution in [0.1, 0.15) is 30.3 Å². The molecule has 2 aliphatic heterocycles. The molecule has 3 rings (SSSR count). The molecule has 0 aliphatic carbocycles. The smallest absolute Gasteiger partial charge is 0.233 e. The maximum atomic E-state index is 12.4. The van der Waals surface area contributed by atoms with Gasteiger partial charge in [0, 0.05) is 45.2 Å². The van der Waals surface area contributed by atoms with Crippen LogP contribution in [0.15, 0.2) is 24.3 Å². The van der Waals surface area contributed by atoms with E-state index < -0.39 is 0 Å². The average molecular weight is 376 g/mol. The maximum absolute atomic E-state index is 12.4. The highest BCUT2D eigenvalue weighted by molar-refractivity contribution is 8.00. The van der Waals surface area contributed by atoms with Crippen molar-refractivity contribution in [3.63, 3.8) is 0 Å². The van der Waals surface area contributed by atoms with Gasteiger partial charge in [0.05, 0.1) is 5.75 Å². The molecule has 5 nitrogen and oxygen atoms in total. The molecule has 0 bridgehead atoms. The van der Waals surface area contributed by atoms with Gasteiger partial charge in [0.15, 0.2) is 0 Å². The van der Waals surface area contributed by atoms with Gasteiger partial charge >= 0.3 is 0 Å². The number of piperazine rings is 1. The van der Waals surface area contributed by atoms with E-state index in [0.717, 1.165) is 39.3 Å². The first kappa shape index (κ1) is 19.2. The lowest BCUT2D eigenvalue weighted by atomic mass is 10.1. The molecule has 26 heavy (non-hydrogen) atoms. The first-order valence-corrected chi connectivity index (χ1v) is 10.5. The molecule has 6 heteroatoms. The van der Waals surface area contributed by atoms with Gasteiger partial charge in [-0.05, 0) is 12.5 Å². The molecule has 0 aromatic heterocycles. The van der Waals surface area contributed by atoms with Crippen LogP contribution < -0.4 is 0 Å². The highest BCUT2D eigenvalue weighted by atomic mass is 32.2. The van der Waals surface area contributed by atoms with Crippen molar-refractivity contribution in [3.05, 3.63) is 35.4 Å². The molecule has 2 heterocycles.